The van der Waals surface area contributed by atoms with Crippen molar-refractivity contribution in [1.29, 1.82) is 0 Å². The number of alkyl halides is 2. The molecule has 2 atom stereocenters. The van der Waals surface area contributed by atoms with Crippen molar-refractivity contribution < 1.29 is 27.4 Å². The van der Waals surface area contributed by atoms with E-state index in [2.05, 4.69) is 15.3 Å². The summed E-state index contributed by atoms with van der Waals surface area (Å²) >= 11 is 0. The number of methoxy groups -OCH3 is 1. The van der Waals surface area contributed by atoms with Crippen LogP contribution in [-0.2, 0) is 17.2 Å². The van der Waals surface area contributed by atoms with Crippen molar-refractivity contribution in [2.24, 2.45) is 0 Å². The third kappa shape index (κ3) is 5.04. The number of ether oxygens (including phenoxy) is 3. The summed E-state index contributed by atoms with van der Waals surface area (Å²) in [5, 5.41) is 3.72. The molecular weight excluding hydrogens is 447 g/mol. The smallest absolute Gasteiger partial charge is 0.273 e. The molecule has 1 aliphatic rings. The number of fused-ring (bicyclic) bond motifs is 1. The van der Waals surface area contributed by atoms with Crippen LogP contribution in [0.25, 0.3) is 10.9 Å². The average Bonchev–Trinajstić information content (AvgIpc) is 3.32. The van der Waals surface area contributed by atoms with Crippen molar-refractivity contribution in [1.82, 2.24) is 9.97 Å². The molecule has 0 spiro atoms. The molecule has 9 heteroatoms. The van der Waals surface area contributed by atoms with Crippen molar-refractivity contribution >= 4 is 16.7 Å². The lowest BCUT2D eigenvalue weighted by molar-refractivity contribution is 0.0136. The van der Waals surface area contributed by atoms with Gasteiger partial charge in [-0.1, -0.05) is 18.2 Å². The summed E-state index contributed by atoms with van der Waals surface area (Å²) in [4.78, 5) is 8.93. The molecule has 3 aromatic rings. The number of aromatic nitrogens is 2. The Balaban J connectivity index is 1.66. The molecule has 1 fully saturated rings. The third-order valence-corrected chi connectivity index (χ3v) is 5.89. The van der Waals surface area contributed by atoms with Crippen LogP contribution >= 0.6 is 0 Å². The predicted molar refractivity (Wildman–Crippen MR) is 123 cm³/mol. The van der Waals surface area contributed by atoms with E-state index < -0.39 is 17.3 Å². The molecule has 1 aliphatic heterocycles. The first-order valence-corrected chi connectivity index (χ1v) is 11.2. The highest BCUT2D eigenvalue weighted by molar-refractivity contribution is 5.91. The van der Waals surface area contributed by atoms with Gasteiger partial charge in [-0.2, -0.15) is 0 Å². The SMILES string of the molecule is COc1cc2nc(C)nc(NCc3cccc(C(C)(F)F)c3F)c2cc1OC(C)[C@@H]1CCCO1. The van der Waals surface area contributed by atoms with Gasteiger partial charge in [0.25, 0.3) is 5.92 Å². The van der Waals surface area contributed by atoms with Crippen molar-refractivity contribution in [2.75, 3.05) is 19.0 Å². The van der Waals surface area contributed by atoms with Crippen LogP contribution in [0.3, 0.4) is 0 Å². The lowest BCUT2D eigenvalue weighted by Gasteiger charge is -2.22. The molecule has 34 heavy (non-hydrogen) atoms. The fourth-order valence-electron chi connectivity index (χ4n) is 4.12. The van der Waals surface area contributed by atoms with Crippen LogP contribution in [0.15, 0.2) is 30.3 Å². The minimum atomic E-state index is -3.28. The minimum absolute atomic E-state index is 0.000730. The van der Waals surface area contributed by atoms with Gasteiger partial charge in [0.2, 0.25) is 0 Å². The van der Waals surface area contributed by atoms with Gasteiger partial charge in [-0.3, -0.25) is 0 Å². The second kappa shape index (κ2) is 9.66. The van der Waals surface area contributed by atoms with Gasteiger partial charge < -0.3 is 19.5 Å². The van der Waals surface area contributed by atoms with Crippen LogP contribution < -0.4 is 14.8 Å². The normalized spacial score (nSPS) is 17.1. The van der Waals surface area contributed by atoms with Gasteiger partial charge in [-0.25, -0.2) is 23.1 Å². The van der Waals surface area contributed by atoms with Gasteiger partial charge in [0.15, 0.2) is 11.5 Å². The first kappa shape index (κ1) is 24.1. The fourth-order valence-corrected chi connectivity index (χ4v) is 4.12. The van der Waals surface area contributed by atoms with Crippen molar-refractivity contribution in [2.45, 2.75) is 58.3 Å². The van der Waals surface area contributed by atoms with Gasteiger partial charge >= 0.3 is 0 Å². The maximum absolute atomic E-state index is 14.7. The monoisotopic (exact) mass is 475 g/mol. The van der Waals surface area contributed by atoms with E-state index in [0.717, 1.165) is 25.5 Å². The molecule has 1 aromatic heterocycles. The van der Waals surface area contributed by atoms with E-state index in [4.69, 9.17) is 14.2 Å². The number of aryl methyl sites for hydroxylation is 1. The highest BCUT2D eigenvalue weighted by Gasteiger charge is 2.29. The molecule has 1 saturated heterocycles. The number of halogens is 3. The zero-order valence-electron chi connectivity index (χ0n) is 19.6. The predicted octanol–water partition coefficient (Wildman–Crippen LogP) is 5.76. The summed E-state index contributed by atoms with van der Waals surface area (Å²) in [6.07, 6.45) is 1.73. The lowest BCUT2D eigenvalue weighted by atomic mass is 10.0. The number of hydrogen-bond donors (Lipinski definition) is 1. The van der Waals surface area contributed by atoms with Crippen LogP contribution in [0.1, 0.15) is 43.6 Å². The highest BCUT2D eigenvalue weighted by atomic mass is 19.3. The molecule has 0 radical (unpaired) electrons. The molecular formula is C25H28F3N3O3. The van der Waals surface area contributed by atoms with Gasteiger partial charge in [0.05, 0.1) is 24.3 Å². The Labute approximate surface area is 196 Å². The average molecular weight is 476 g/mol. The lowest BCUT2D eigenvalue weighted by Crippen LogP contribution is -2.28. The maximum atomic E-state index is 14.7. The molecule has 4 rings (SSSR count). The summed E-state index contributed by atoms with van der Waals surface area (Å²) in [5.74, 6) is -2.26. The number of hydrogen-bond acceptors (Lipinski definition) is 6. The van der Waals surface area contributed by atoms with Gasteiger partial charge in [0.1, 0.15) is 23.6 Å². The number of anilines is 1. The number of nitrogens with zero attached hydrogens (tertiary/aromatic N) is 2. The zero-order valence-corrected chi connectivity index (χ0v) is 19.6. The molecule has 0 saturated carbocycles. The zero-order chi connectivity index (χ0) is 24.5. The molecule has 6 nitrogen and oxygen atoms in total. The van der Waals surface area contributed by atoms with Gasteiger partial charge in [-0.15, -0.1) is 0 Å². The van der Waals surface area contributed by atoms with Gasteiger partial charge in [0, 0.05) is 37.1 Å². The van der Waals surface area contributed by atoms with Crippen molar-refractivity contribution in [3.8, 4) is 11.5 Å². The number of nitrogens with one attached hydrogen (secondary N) is 1. The van der Waals surface area contributed by atoms with E-state index in [9.17, 15) is 13.2 Å². The second-order valence-corrected chi connectivity index (χ2v) is 8.53. The molecule has 2 aromatic carbocycles. The third-order valence-electron chi connectivity index (χ3n) is 5.89. The Morgan fingerprint density at radius 3 is 2.71 bits per heavy atom. The molecule has 0 bridgehead atoms. The van der Waals surface area contributed by atoms with E-state index in [1.165, 1.54) is 12.1 Å². The van der Waals surface area contributed by atoms with Crippen LogP contribution in [-0.4, -0.2) is 35.9 Å². The van der Waals surface area contributed by atoms with E-state index in [1.807, 2.05) is 6.92 Å². The Kier molecular flexibility index (Phi) is 6.84. The Hall–Kier alpha value is -3.07. The van der Waals surface area contributed by atoms with Crippen molar-refractivity contribution in [3.63, 3.8) is 0 Å². The Morgan fingerprint density at radius 2 is 2.03 bits per heavy atom. The van der Waals surface area contributed by atoms with Gasteiger partial charge in [-0.05, 0) is 32.8 Å². The Morgan fingerprint density at radius 1 is 1.24 bits per heavy atom. The second-order valence-electron chi connectivity index (χ2n) is 8.53. The van der Waals surface area contributed by atoms with E-state index in [-0.39, 0.29) is 24.3 Å². The largest absolute Gasteiger partial charge is 0.493 e. The van der Waals surface area contributed by atoms with E-state index in [1.54, 1.807) is 26.2 Å². The molecule has 1 unspecified atom stereocenters. The van der Waals surface area contributed by atoms with E-state index in [0.29, 0.717) is 41.0 Å². The molecule has 182 valence electrons. The summed E-state index contributed by atoms with van der Waals surface area (Å²) in [6.45, 7) is 5.05. The molecule has 2 heterocycles. The quantitative estimate of drug-likeness (QED) is 0.447. The maximum Gasteiger partial charge on any atom is 0.273 e. The summed E-state index contributed by atoms with van der Waals surface area (Å²) < 4.78 is 59.6. The topological polar surface area (TPSA) is 65.5 Å². The Bertz CT molecular complexity index is 1180. The highest BCUT2D eigenvalue weighted by Crippen LogP contribution is 2.36. The summed E-state index contributed by atoms with van der Waals surface area (Å²) in [5.41, 5.74) is 0.0813. The molecule has 0 aliphatic carbocycles. The first-order valence-electron chi connectivity index (χ1n) is 11.2. The van der Waals surface area contributed by atoms with Crippen LogP contribution in [0.5, 0.6) is 11.5 Å². The summed E-state index contributed by atoms with van der Waals surface area (Å²) in [7, 11) is 1.55. The van der Waals surface area contributed by atoms with Crippen LogP contribution in [0.4, 0.5) is 19.0 Å². The van der Waals surface area contributed by atoms with Crippen LogP contribution in [0.2, 0.25) is 0 Å². The standard InChI is InChI=1S/C25H28F3N3O3/c1-14(20-9-6-10-33-20)34-22-11-17-19(12-21(22)32-4)30-15(2)31-24(17)29-13-16-7-5-8-18(23(16)26)25(3,27)28/h5,7-8,11-12,14,20H,6,9-10,13H2,1-4H3,(H,29,30,31)/t14?,20-/m0/s1. The number of rotatable bonds is 8. The van der Waals surface area contributed by atoms with E-state index >= 15 is 0 Å². The fraction of sp³-hybridized carbons (Fsp3) is 0.440. The number of benzene rings is 2. The minimum Gasteiger partial charge on any atom is -0.493 e. The molecule has 0 amide bonds. The van der Waals surface area contributed by atoms with Crippen molar-refractivity contribution in [3.05, 3.63) is 53.1 Å². The first-order chi connectivity index (χ1) is 16.2. The van der Waals surface area contributed by atoms with Crippen LogP contribution in [0, 0.1) is 12.7 Å². The molecule has 1 N–H and O–H groups in total. The summed E-state index contributed by atoms with van der Waals surface area (Å²) in [6, 6.07) is 7.50.